The van der Waals surface area contributed by atoms with Gasteiger partial charge in [-0.2, -0.15) is 0 Å². The maximum Gasteiger partial charge on any atom is 0.256 e. The second-order valence-corrected chi connectivity index (χ2v) is 7.37. The number of carbonyl (C=O) groups excluding carboxylic acids is 1. The van der Waals surface area contributed by atoms with Gasteiger partial charge in [0.1, 0.15) is 0 Å². The molecule has 0 saturated carbocycles. The lowest BCUT2D eigenvalue weighted by molar-refractivity contribution is -0.113. The van der Waals surface area contributed by atoms with Gasteiger partial charge in [0.2, 0.25) is 5.91 Å². The Bertz CT molecular complexity index is 920. The maximum atomic E-state index is 12.3. The van der Waals surface area contributed by atoms with E-state index >= 15 is 0 Å². The van der Waals surface area contributed by atoms with Crippen LogP contribution < -0.4 is 5.32 Å². The van der Waals surface area contributed by atoms with Crippen LogP contribution in [-0.2, 0) is 4.79 Å². The lowest BCUT2D eigenvalue weighted by Crippen LogP contribution is -2.14. The minimum atomic E-state index is -0.0687. The van der Waals surface area contributed by atoms with Crippen molar-refractivity contribution in [2.45, 2.75) is 45.2 Å². The molecule has 0 spiro atoms. The molecule has 1 amide bonds. The van der Waals surface area contributed by atoms with Gasteiger partial charge < -0.3 is 5.32 Å². The fourth-order valence-electron chi connectivity index (χ4n) is 2.75. The highest BCUT2D eigenvalue weighted by atomic mass is 32.2. The van der Waals surface area contributed by atoms with Gasteiger partial charge in [0, 0.05) is 17.1 Å². The second kappa shape index (κ2) is 7.86. The molecule has 0 unspecified atom stereocenters. The number of fused-ring (bicyclic) bond motifs is 1. The van der Waals surface area contributed by atoms with Gasteiger partial charge in [0.05, 0.1) is 5.75 Å². The molecule has 26 heavy (non-hydrogen) atoms. The van der Waals surface area contributed by atoms with E-state index in [1.165, 1.54) is 17.3 Å². The number of aryl methyl sites for hydroxylation is 2. The first-order valence-corrected chi connectivity index (χ1v) is 9.68. The summed E-state index contributed by atoms with van der Waals surface area (Å²) in [6.45, 7) is 8.28. The molecule has 1 N–H and O–H groups in total. The van der Waals surface area contributed by atoms with Crippen molar-refractivity contribution in [3.63, 3.8) is 0 Å². The smallest absolute Gasteiger partial charge is 0.256 e. The molecule has 136 valence electrons. The zero-order chi connectivity index (χ0) is 18.7. The number of aromatic nitrogens is 4. The summed E-state index contributed by atoms with van der Waals surface area (Å²) >= 11 is 1.35. The van der Waals surface area contributed by atoms with E-state index in [1.807, 2.05) is 36.4 Å². The monoisotopic (exact) mass is 369 g/mol. The zero-order valence-corrected chi connectivity index (χ0v) is 16.3. The van der Waals surface area contributed by atoms with Gasteiger partial charge in [-0.25, -0.2) is 4.98 Å². The first kappa shape index (κ1) is 18.4. The van der Waals surface area contributed by atoms with Crippen LogP contribution in [0.25, 0.3) is 5.78 Å². The molecule has 2 aromatic heterocycles. The minimum Gasteiger partial charge on any atom is -0.325 e. The Balaban J connectivity index is 1.63. The highest BCUT2D eigenvalue weighted by Gasteiger charge is 2.12. The van der Waals surface area contributed by atoms with E-state index in [4.69, 9.17) is 0 Å². The Kier molecular flexibility index (Phi) is 5.56. The number of anilines is 1. The number of carbonyl (C=O) groups is 1. The second-order valence-electron chi connectivity index (χ2n) is 6.43. The van der Waals surface area contributed by atoms with Crippen LogP contribution >= 0.6 is 11.8 Å². The van der Waals surface area contributed by atoms with Crippen molar-refractivity contribution in [3.05, 3.63) is 47.3 Å². The highest BCUT2D eigenvalue weighted by Crippen LogP contribution is 2.21. The molecule has 7 heteroatoms. The lowest BCUT2D eigenvalue weighted by Gasteiger charge is -2.10. The molecule has 2 heterocycles. The van der Waals surface area contributed by atoms with Crippen LogP contribution in [-0.4, -0.2) is 31.2 Å². The van der Waals surface area contributed by atoms with Crippen molar-refractivity contribution in [2.75, 3.05) is 11.1 Å². The number of amides is 1. The van der Waals surface area contributed by atoms with Crippen LogP contribution in [0.4, 0.5) is 5.69 Å². The zero-order valence-electron chi connectivity index (χ0n) is 15.5. The fraction of sp³-hybridized carbons (Fsp3) is 0.368. The van der Waals surface area contributed by atoms with Gasteiger partial charge in [-0.15, -0.1) is 10.2 Å². The van der Waals surface area contributed by atoms with Crippen LogP contribution in [0.15, 0.2) is 35.5 Å². The molecule has 0 fully saturated rings. The number of nitrogens with zero attached hydrogens (tertiary/aromatic N) is 4. The molecular weight excluding hydrogens is 346 g/mol. The maximum absolute atomic E-state index is 12.3. The first-order valence-electron chi connectivity index (χ1n) is 8.70. The number of rotatable bonds is 6. The average Bonchev–Trinajstić information content (AvgIpc) is 3.03. The van der Waals surface area contributed by atoms with Gasteiger partial charge in [-0.3, -0.25) is 9.20 Å². The first-order chi connectivity index (χ1) is 12.5. The van der Waals surface area contributed by atoms with Crippen molar-refractivity contribution in [1.82, 2.24) is 19.6 Å². The summed E-state index contributed by atoms with van der Waals surface area (Å²) in [7, 11) is 0. The topological polar surface area (TPSA) is 72.2 Å². The summed E-state index contributed by atoms with van der Waals surface area (Å²) in [6, 6.07) is 10.0. The minimum absolute atomic E-state index is 0.0687. The Hall–Kier alpha value is -2.41. The van der Waals surface area contributed by atoms with Crippen LogP contribution in [0.1, 0.15) is 43.1 Å². The van der Waals surface area contributed by atoms with Gasteiger partial charge in [0.25, 0.3) is 5.78 Å². The summed E-state index contributed by atoms with van der Waals surface area (Å²) in [4.78, 5) is 16.6. The Morgan fingerprint density at radius 2 is 1.96 bits per heavy atom. The molecule has 0 bridgehead atoms. The molecule has 0 saturated heterocycles. The molecule has 0 aliphatic carbocycles. The van der Waals surface area contributed by atoms with Crippen molar-refractivity contribution < 1.29 is 4.79 Å². The summed E-state index contributed by atoms with van der Waals surface area (Å²) in [6.07, 6.45) is 1.10. The summed E-state index contributed by atoms with van der Waals surface area (Å²) < 4.78 is 1.87. The van der Waals surface area contributed by atoms with E-state index in [9.17, 15) is 4.79 Å². The molecule has 1 aromatic carbocycles. The van der Waals surface area contributed by atoms with Gasteiger partial charge in [-0.05, 0) is 49.9 Å². The van der Waals surface area contributed by atoms with E-state index < -0.39 is 0 Å². The quantitative estimate of drug-likeness (QED) is 0.665. The van der Waals surface area contributed by atoms with Crippen molar-refractivity contribution >= 4 is 29.1 Å². The molecular formula is C19H23N5OS. The fourth-order valence-corrected chi connectivity index (χ4v) is 3.54. The van der Waals surface area contributed by atoms with Crippen molar-refractivity contribution in [3.8, 4) is 0 Å². The third-order valence-corrected chi connectivity index (χ3v) is 5.30. The summed E-state index contributed by atoms with van der Waals surface area (Å²) in [5.41, 5.74) is 3.99. The SMILES string of the molecule is CC[C@@H](C)c1ccc(NC(=O)CSc2nnc3nc(C)cc(C)n23)cc1. The van der Waals surface area contributed by atoms with E-state index in [-0.39, 0.29) is 11.7 Å². The Morgan fingerprint density at radius 1 is 1.23 bits per heavy atom. The summed E-state index contributed by atoms with van der Waals surface area (Å²) in [5.74, 6) is 1.28. The largest absolute Gasteiger partial charge is 0.325 e. The Morgan fingerprint density at radius 3 is 2.65 bits per heavy atom. The molecule has 3 rings (SSSR count). The van der Waals surface area contributed by atoms with E-state index in [0.717, 1.165) is 23.5 Å². The number of hydrogen-bond acceptors (Lipinski definition) is 5. The third-order valence-electron chi connectivity index (χ3n) is 4.37. The highest BCUT2D eigenvalue weighted by molar-refractivity contribution is 7.99. The normalized spacial score (nSPS) is 12.3. The van der Waals surface area contributed by atoms with Gasteiger partial charge in [0.15, 0.2) is 5.16 Å². The number of nitrogens with one attached hydrogen (secondary N) is 1. The van der Waals surface area contributed by atoms with Crippen molar-refractivity contribution in [1.29, 1.82) is 0 Å². The number of thioether (sulfide) groups is 1. The molecule has 0 aliphatic heterocycles. The van der Waals surface area contributed by atoms with Gasteiger partial charge >= 0.3 is 0 Å². The predicted molar refractivity (Wildman–Crippen MR) is 105 cm³/mol. The number of benzene rings is 1. The van der Waals surface area contributed by atoms with E-state index in [2.05, 4.69) is 46.5 Å². The Labute approximate surface area is 157 Å². The third kappa shape index (κ3) is 4.04. The van der Waals surface area contributed by atoms with Crippen molar-refractivity contribution in [2.24, 2.45) is 0 Å². The standard InChI is InChI=1S/C19H23N5OS/c1-5-12(2)15-6-8-16(9-7-15)21-17(25)11-26-19-23-22-18-20-13(3)10-14(4)24(18)19/h6-10,12H,5,11H2,1-4H3,(H,21,25)/t12-/m1/s1. The molecule has 3 aromatic rings. The van der Waals surface area contributed by atoms with Crippen LogP contribution in [0.5, 0.6) is 0 Å². The predicted octanol–water partition coefficient (Wildman–Crippen LogP) is 3.99. The van der Waals surface area contributed by atoms with Crippen LogP contribution in [0.3, 0.4) is 0 Å². The molecule has 0 radical (unpaired) electrons. The molecule has 1 atom stereocenters. The van der Waals surface area contributed by atoms with Crippen LogP contribution in [0, 0.1) is 13.8 Å². The lowest BCUT2D eigenvalue weighted by atomic mass is 9.99. The van der Waals surface area contributed by atoms with Crippen LogP contribution in [0.2, 0.25) is 0 Å². The summed E-state index contributed by atoms with van der Waals surface area (Å²) in [5, 5.41) is 11.8. The number of hydrogen-bond donors (Lipinski definition) is 1. The van der Waals surface area contributed by atoms with E-state index in [0.29, 0.717) is 16.9 Å². The van der Waals surface area contributed by atoms with Gasteiger partial charge in [-0.1, -0.05) is 37.7 Å². The average molecular weight is 369 g/mol. The molecule has 6 nitrogen and oxygen atoms in total. The van der Waals surface area contributed by atoms with E-state index in [1.54, 1.807) is 0 Å². The molecule has 0 aliphatic rings.